The largest absolute Gasteiger partial charge is 0.491 e. The molecule has 2 aromatic carbocycles. The fraction of sp³-hybridized carbons (Fsp3) is 0.304. The van der Waals surface area contributed by atoms with E-state index in [2.05, 4.69) is 17.2 Å². The SMILES string of the molecule is CCCCOc1ccc(NC(=O)[C@H](CC)Oc2ccc(F)cc2)c2cccnc12. The average Bonchev–Trinajstić information content (AvgIpc) is 2.74. The summed E-state index contributed by atoms with van der Waals surface area (Å²) in [5.41, 5.74) is 1.34. The van der Waals surface area contributed by atoms with Gasteiger partial charge in [0.15, 0.2) is 6.10 Å². The van der Waals surface area contributed by atoms with Crippen molar-refractivity contribution in [2.24, 2.45) is 0 Å². The van der Waals surface area contributed by atoms with Crippen LogP contribution in [0, 0.1) is 5.82 Å². The summed E-state index contributed by atoms with van der Waals surface area (Å²) >= 11 is 0. The van der Waals surface area contributed by atoms with Crippen LogP contribution in [0.1, 0.15) is 33.1 Å². The van der Waals surface area contributed by atoms with Crippen LogP contribution >= 0.6 is 0 Å². The number of nitrogens with zero attached hydrogens (tertiary/aromatic N) is 1. The van der Waals surface area contributed by atoms with Gasteiger partial charge in [0.25, 0.3) is 5.91 Å². The van der Waals surface area contributed by atoms with E-state index >= 15 is 0 Å². The highest BCUT2D eigenvalue weighted by molar-refractivity contribution is 6.04. The molecular weight excluding hydrogens is 371 g/mol. The first-order chi connectivity index (χ1) is 14.1. The number of hydrogen-bond donors (Lipinski definition) is 1. The maximum atomic E-state index is 13.1. The number of ether oxygens (including phenoxy) is 2. The minimum Gasteiger partial charge on any atom is -0.491 e. The topological polar surface area (TPSA) is 60.5 Å². The summed E-state index contributed by atoms with van der Waals surface area (Å²) in [6.07, 6.45) is 3.48. The number of rotatable bonds is 9. The summed E-state index contributed by atoms with van der Waals surface area (Å²) in [4.78, 5) is 17.2. The normalized spacial score (nSPS) is 11.8. The number of amides is 1. The predicted octanol–water partition coefficient (Wildman–Crippen LogP) is 5.35. The van der Waals surface area contributed by atoms with Crippen molar-refractivity contribution >= 4 is 22.5 Å². The summed E-state index contributed by atoms with van der Waals surface area (Å²) in [7, 11) is 0. The van der Waals surface area contributed by atoms with Crippen LogP contribution in [0.25, 0.3) is 10.9 Å². The third-order valence-corrected chi connectivity index (χ3v) is 4.50. The molecule has 29 heavy (non-hydrogen) atoms. The fourth-order valence-corrected chi connectivity index (χ4v) is 2.91. The number of anilines is 1. The molecular formula is C23H25FN2O3. The smallest absolute Gasteiger partial charge is 0.265 e. The van der Waals surface area contributed by atoms with Crippen molar-refractivity contribution in [2.75, 3.05) is 11.9 Å². The Balaban J connectivity index is 1.78. The molecule has 0 saturated carbocycles. The number of hydrogen-bond acceptors (Lipinski definition) is 4. The Hall–Kier alpha value is -3.15. The second-order valence-electron chi connectivity index (χ2n) is 6.67. The summed E-state index contributed by atoms with van der Waals surface area (Å²) in [5.74, 6) is 0.512. The number of carbonyl (C=O) groups excluding carboxylic acids is 1. The van der Waals surface area contributed by atoms with Gasteiger partial charge in [0.2, 0.25) is 0 Å². The molecule has 0 unspecified atom stereocenters. The average molecular weight is 396 g/mol. The monoisotopic (exact) mass is 396 g/mol. The van der Waals surface area contributed by atoms with Crippen molar-refractivity contribution in [3.05, 3.63) is 60.5 Å². The van der Waals surface area contributed by atoms with Crippen LogP contribution < -0.4 is 14.8 Å². The Morgan fingerprint density at radius 2 is 1.93 bits per heavy atom. The number of halogens is 1. The number of pyridine rings is 1. The molecule has 1 heterocycles. The lowest BCUT2D eigenvalue weighted by molar-refractivity contribution is -0.122. The van der Waals surface area contributed by atoms with E-state index in [1.807, 2.05) is 31.2 Å². The van der Waals surface area contributed by atoms with Crippen molar-refractivity contribution in [2.45, 2.75) is 39.2 Å². The highest BCUT2D eigenvalue weighted by Gasteiger charge is 2.20. The maximum Gasteiger partial charge on any atom is 0.265 e. The molecule has 0 bridgehead atoms. The third kappa shape index (κ3) is 5.22. The van der Waals surface area contributed by atoms with Gasteiger partial charge in [-0.2, -0.15) is 0 Å². The first kappa shape index (κ1) is 20.6. The summed E-state index contributed by atoms with van der Waals surface area (Å²) < 4.78 is 24.7. The molecule has 0 fully saturated rings. The van der Waals surface area contributed by atoms with Crippen LogP contribution in [0.5, 0.6) is 11.5 Å². The van der Waals surface area contributed by atoms with E-state index in [4.69, 9.17) is 9.47 Å². The van der Waals surface area contributed by atoms with E-state index in [9.17, 15) is 9.18 Å². The number of nitrogens with one attached hydrogen (secondary N) is 1. The molecule has 0 aliphatic heterocycles. The van der Waals surface area contributed by atoms with Crippen LogP contribution in [0.4, 0.5) is 10.1 Å². The molecule has 6 heteroatoms. The van der Waals surface area contributed by atoms with Gasteiger partial charge in [0, 0.05) is 11.6 Å². The van der Waals surface area contributed by atoms with Crippen LogP contribution in [0.3, 0.4) is 0 Å². The Morgan fingerprint density at radius 3 is 2.66 bits per heavy atom. The summed E-state index contributed by atoms with van der Waals surface area (Å²) in [5, 5.41) is 3.73. The highest BCUT2D eigenvalue weighted by atomic mass is 19.1. The van der Waals surface area contributed by atoms with Crippen LogP contribution in [0.2, 0.25) is 0 Å². The van der Waals surface area contributed by atoms with Gasteiger partial charge in [-0.3, -0.25) is 9.78 Å². The van der Waals surface area contributed by atoms with Crippen LogP contribution in [0.15, 0.2) is 54.7 Å². The zero-order chi connectivity index (χ0) is 20.6. The van der Waals surface area contributed by atoms with E-state index in [0.717, 1.165) is 18.2 Å². The van der Waals surface area contributed by atoms with E-state index in [0.29, 0.717) is 35.7 Å². The van der Waals surface area contributed by atoms with Crippen molar-refractivity contribution in [1.82, 2.24) is 4.98 Å². The summed E-state index contributed by atoms with van der Waals surface area (Å²) in [6.45, 7) is 4.59. The van der Waals surface area contributed by atoms with E-state index in [-0.39, 0.29) is 11.7 Å². The second-order valence-corrected chi connectivity index (χ2v) is 6.67. The molecule has 0 aliphatic carbocycles. The Kier molecular flexibility index (Phi) is 7.00. The predicted molar refractivity (Wildman–Crippen MR) is 112 cm³/mol. The van der Waals surface area contributed by atoms with Crippen molar-refractivity contribution in [3.8, 4) is 11.5 Å². The Labute approximate surface area is 169 Å². The van der Waals surface area contributed by atoms with Crippen molar-refractivity contribution < 1.29 is 18.7 Å². The van der Waals surface area contributed by atoms with Gasteiger partial charge < -0.3 is 14.8 Å². The molecule has 3 rings (SSSR count). The number of fused-ring (bicyclic) bond motifs is 1. The number of unbranched alkanes of at least 4 members (excludes halogenated alkanes) is 1. The molecule has 1 aromatic heterocycles. The molecule has 5 nitrogen and oxygen atoms in total. The zero-order valence-electron chi connectivity index (χ0n) is 16.7. The van der Waals surface area contributed by atoms with Crippen LogP contribution in [-0.4, -0.2) is 23.6 Å². The number of carbonyl (C=O) groups is 1. The van der Waals surface area contributed by atoms with Gasteiger partial charge in [-0.1, -0.05) is 20.3 Å². The van der Waals surface area contributed by atoms with Gasteiger partial charge in [-0.25, -0.2) is 4.39 Å². The Bertz CT molecular complexity index is 960. The van der Waals surface area contributed by atoms with Gasteiger partial charge >= 0.3 is 0 Å². The molecule has 1 atom stereocenters. The van der Waals surface area contributed by atoms with Gasteiger partial charge in [-0.05, 0) is 61.4 Å². The molecule has 0 aliphatic rings. The molecule has 0 spiro atoms. The van der Waals surface area contributed by atoms with Crippen LogP contribution in [-0.2, 0) is 4.79 Å². The van der Waals surface area contributed by atoms with Crippen molar-refractivity contribution in [3.63, 3.8) is 0 Å². The van der Waals surface area contributed by atoms with Gasteiger partial charge in [-0.15, -0.1) is 0 Å². The Morgan fingerprint density at radius 1 is 1.14 bits per heavy atom. The zero-order valence-corrected chi connectivity index (χ0v) is 16.7. The van der Waals surface area contributed by atoms with Gasteiger partial charge in [0.05, 0.1) is 12.3 Å². The lowest BCUT2D eigenvalue weighted by atomic mass is 10.1. The number of aromatic nitrogens is 1. The first-order valence-corrected chi connectivity index (χ1v) is 9.86. The molecule has 3 aromatic rings. The van der Waals surface area contributed by atoms with E-state index < -0.39 is 6.10 Å². The van der Waals surface area contributed by atoms with Crippen molar-refractivity contribution in [1.29, 1.82) is 0 Å². The van der Waals surface area contributed by atoms with E-state index in [1.54, 1.807) is 6.20 Å². The first-order valence-electron chi connectivity index (χ1n) is 9.86. The molecule has 0 radical (unpaired) electrons. The molecule has 152 valence electrons. The van der Waals surface area contributed by atoms with E-state index in [1.165, 1.54) is 24.3 Å². The second kappa shape index (κ2) is 9.87. The highest BCUT2D eigenvalue weighted by Crippen LogP contribution is 2.30. The molecule has 1 amide bonds. The number of benzene rings is 2. The minimum atomic E-state index is -0.701. The molecule has 1 N–H and O–H groups in total. The fourth-order valence-electron chi connectivity index (χ4n) is 2.91. The lowest BCUT2D eigenvalue weighted by Crippen LogP contribution is -2.32. The lowest BCUT2D eigenvalue weighted by Gasteiger charge is -2.18. The van der Waals surface area contributed by atoms with Gasteiger partial charge in [0.1, 0.15) is 22.8 Å². The minimum absolute atomic E-state index is 0.276. The third-order valence-electron chi connectivity index (χ3n) is 4.50. The quantitative estimate of drug-likeness (QED) is 0.496. The molecule has 0 saturated heterocycles. The standard InChI is InChI=1S/C23H25FN2O3/c1-3-5-15-28-21-13-12-19(18-7-6-14-25-22(18)21)26-23(27)20(4-2)29-17-10-8-16(24)9-11-17/h6-14,20H,3-5,15H2,1-2H3,(H,26,27)/t20-/m0/s1. The summed E-state index contributed by atoms with van der Waals surface area (Å²) in [6, 6.07) is 13.0. The maximum absolute atomic E-state index is 13.1.